The Morgan fingerprint density at radius 3 is 2.72 bits per heavy atom. The summed E-state index contributed by atoms with van der Waals surface area (Å²) < 4.78 is 14.0. The number of nitrogens with two attached hydrogens (primary N) is 1. The fourth-order valence-corrected chi connectivity index (χ4v) is 2.18. The van der Waals surface area contributed by atoms with E-state index < -0.39 is 0 Å². The summed E-state index contributed by atoms with van der Waals surface area (Å²) in [6.07, 6.45) is 0. The second kappa shape index (κ2) is 4.94. The van der Waals surface area contributed by atoms with Gasteiger partial charge in [0.1, 0.15) is 5.82 Å². The van der Waals surface area contributed by atoms with Crippen molar-refractivity contribution in [1.29, 1.82) is 0 Å². The third-order valence-electron chi connectivity index (χ3n) is 3.28. The van der Waals surface area contributed by atoms with Gasteiger partial charge in [-0.3, -0.25) is 4.79 Å². The second-order valence-corrected chi connectivity index (χ2v) is 4.70. The molecular formula is C13H18FN3O. The fraction of sp³-hybridized carbons (Fsp3) is 0.462. The van der Waals surface area contributed by atoms with Crippen LogP contribution in [0.3, 0.4) is 0 Å². The van der Waals surface area contributed by atoms with Gasteiger partial charge in [-0.05, 0) is 18.6 Å². The maximum atomic E-state index is 14.0. The monoisotopic (exact) mass is 251 g/mol. The molecule has 0 unspecified atom stereocenters. The zero-order valence-electron chi connectivity index (χ0n) is 10.7. The molecule has 1 aromatic rings. The first-order chi connectivity index (χ1) is 8.50. The molecule has 1 atom stereocenters. The van der Waals surface area contributed by atoms with Gasteiger partial charge >= 0.3 is 0 Å². The Morgan fingerprint density at radius 1 is 1.39 bits per heavy atom. The van der Waals surface area contributed by atoms with E-state index >= 15 is 0 Å². The number of rotatable bonds is 2. The molecule has 1 amide bonds. The molecule has 4 nitrogen and oxygen atoms in total. The molecule has 0 bridgehead atoms. The molecule has 5 heteroatoms. The number of anilines is 1. The number of para-hydroxylation sites is 1. The van der Waals surface area contributed by atoms with Crippen LogP contribution in [0.2, 0.25) is 0 Å². The Morgan fingerprint density at radius 2 is 2.11 bits per heavy atom. The highest BCUT2D eigenvalue weighted by molar-refractivity contribution is 5.83. The van der Waals surface area contributed by atoms with Gasteiger partial charge in [0.25, 0.3) is 0 Å². The number of carbonyl (C=O) groups is 1. The molecular weight excluding hydrogens is 233 g/mol. The molecule has 1 aliphatic heterocycles. The Balaban J connectivity index is 2.36. The average Bonchev–Trinajstić information content (AvgIpc) is 2.32. The summed E-state index contributed by atoms with van der Waals surface area (Å²) in [4.78, 5) is 15.1. The minimum atomic E-state index is -0.317. The van der Waals surface area contributed by atoms with E-state index in [1.54, 1.807) is 22.9 Å². The first-order valence-electron chi connectivity index (χ1n) is 6.03. The molecule has 1 fully saturated rings. The van der Waals surface area contributed by atoms with Gasteiger partial charge < -0.3 is 15.5 Å². The number of piperazine rings is 1. The van der Waals surface area contributed by atoms with Crippen molar-refractivity contribution >= 4 is 11.6 Å². The van der Waals surface area contributed by atoms with E-state index in [4.69, 9.17) is 5.73 Å². The largest absolute Gasteiger partial charge is 0.358 e. The molecule has 0 radical (unpaired) electrons. The van der Waals surface area contributed by atoms with Crippen LogP contribution in [0.4, 0.5) is 10.1 Å². The first-order valence-corrected chi connectivity index (χ1v) is 6.03. The zero-order valence-corrected chi connectivity index (χ0v) is 10.7. The van der Waals surface area contributed by atoms with Crippen LogP contribution in [-0.2, 0) is 4.79 Å². The summed E-state index contributed by atoms with van der Waals surface area (Å²) in [5, 5.41) is 0. The lowest BCUT2D eigenvalue weighted by molar-refractivity contribution is -0.129. The Kier molecular flexibility index (Phi) is 3.52. The van der Waals surface area contributed by atoms with Crippen LogP contribution in [0, 0.1) is 5.82 Å². The van der Waals surface area contributed by atoms with E-state index in [2.05, 4.69) is 0 Å². The summed E-state index contributed by atoms with van der Waals surface area (Å²) in [5.41, 5.74) is 7.07. The smallest absolute Gasteiger partial charge is 0.241 e. The molecule has 0 aliphatic carbocycles. The van der Waals surface area contributed by atoms with Crippen LogP contribution < -0.4 is 10.6 Å². The molecule has 2 rings (SSSR count). The standard InChI is InChI=1S/C13H18FN3O/c1-9(15)10-4-3-5-11(14)13(10)17-7-6-16(2)12(18)8-17/h3-5,9H,6-8,15H2,1-2H3/t9-/m1/s1. The highest BCUT2D eigenvalue weighted by Gasteiger charge is 2.25. The minimum Gasteiger partial charge on any atom is -0.358 e. The average molecular weight is 251 g/mol. The molecule has 2 N–H and O–H groups in total. The third-order valence-corrected chi connectivity index (χ3v) is 3.28. The van der Waals surface area contributed by atoms with Gasteiger partial charge in [0.15, 0.2) is 0 Å². The van der Waals surface area contributed by atoms with Crippen molar-refractivity contribution < 1.29 is 9.18 Å². The number of hydrogen-bond donors (Lipinski definition) is 1. The number of hydrogen-bond acceptors (Lipinski definition) is 3. The Labute approximate surface area is 106 Å². The van der Waals surface area contributed by atoms with Gasteiger partial charge in [-0.1, -0.05) is 12.1 Å². The summed E-state index contributed by atoms with van der Waals surface area (Å²) in [5.74, 6) is -0.317. The molecule has 98 valence electrons. The van der Waals surface area contributed by atoms with Crippen LogP contribution in [0.25, 0.3) is 0 Å². The first kappa shape index (κ1) is 12.8. The van der Waals surface area contributed by atoms with E-state index in [1.807, 2.05) is 13.0 Å². The minimum absolute atomic E-state index is 0.000118. The lowest BCUT2D eigenvalue weighted by Gasteiger charge is -2.35. The summed E-state index contributed by atoms with van der Waals surface area (Å²) >= 11 is 0. The maximum absolute atomic E-state index is 14.0. The van der Waals surface area contributed by atoms with Crippen molar-refractivity contribution in [3.05, 3.63) is 29.6 Å². The molecule has 18 heavy (non-hydrogen) atoms. The van der Waals surface area contributed by atoms with Crippen molar-refractivity contribution in [2.75, 3.05) is 31.6 Å². The Hall–Kier alpha value is -1.62. The number of nitrogens with zero attached hydrogens (tertiary/aromatic N) is 2. The molecule has 1 aromatic carbocycles. The lowest BCUT2D eigenvalue weighted by atomic mass is 10.0. The van der Waals surface area contributed by atoms with Crippen molar-refractivity contribution in [3.63, 3.8) is 0 Å². The highest BCUT2D eigenvalue weighted by atomic mass is 19.1. The molecule has 0 aromatic heterocycles. The van der Waals surface area contributed by atoms with Crippen molar-refractivity contribution in [2.24, 2.45) is 5.73 Å². The van der Waals surface area contributed by atoms with Gasteiger partial charge in [-0.15, -0.1) is 0 Å². The van der Waals surface area contributed by atoms with Gasteiger partial charge in [0.2, 0.25) is 5.91 Å². The molecule has 1 aliphatic rings. The number of amides is 1. The molecule has 0 saturated carbocycles. The quantitative estimate of drug-likeness (QED) is 0.857. The fourth-order valence-electron chi connectivity index (χ4n) is 2.18. The SMILES string of the molecule is C[C@@H](N)c1cccc(F)c1N1CCN(C)C(=O)C1. The van der Waals surface area contributed by atoms with Gasteiger partial charge in [0, 0.05) is 26.2 Å². The predicted octanol–water partition coefficient (Wildman–Crippen LogP) is 1.12. The van der Waals surface area contributed by atoms with Gasteiger partial charge in [0.05, 0.1) is 12.2 Å². The van der Waals surface area contributed by atoms with Crippen molar-refractivity contribution in [1.82, 2.24) is 4.90 Å². The van der Waals surface area contributed by atoms with E-state index in [-0.39, 0.29) is 24.3 Å². The normalized spacial score (nSPS) is 18.1. The zero-order chi connectivity index (χ0) is 13.3. The van der Waals surface area contributed by atoms with Gasteiger partial charge in [-0.2, -0.15) is 0 Å². The number of carbonyl (C=O) groups excluding carboxylic acids is 1. The Bertz CT molecular complexity index is 462. The van der Waals surface area contributed by atoms with E-state index in [0.29, 0.717) is 18.8 Å². The van der Waals surface area contributed by atoms with Crippen LogP contribution >= 0.6 is 0 Å². The van der Waals surface area contributed by atoms with E-state index in [9.17, 15) is 9.18 Å². The number of likely N-dealkylation sites (N-methyl/N-ethyl adjacent to an activating group) is 1. The third kappa shape index (κ3) is 2.31. The number of benzene rings is 1. The molecule has 0 spiro atoms. The van der Waals surface area contributed by atoms with E-state index in [0.717, 1.165) is 5.56 Å². The summed E-state index contributed by atoms with van der Waals surface area (Å²) in [7, 11) is 1.76. The van der Waals surface area contributed by atoms with Crippen LogP contribution in [0.5, 0.6) is 0 Å². The van der Waals surface area contributed by atoms with Crippen LogP contribution in [-0.4, -0.2) is 37.5 Å². The van der Waals surface area contributed by atoms with Crippen LogP contribution in [0.1, 0.15) is 18.5 Å². The highest BCUT2D eigenvalue weighted by Crippen LogP contribution is 2.29. The molecule has 1 saturated heterocycles. The maximum Gasteiger partial charge on any atom is 0.241 e. The number of halogens is 1. The second-order valence-electron chi connectivity index (χ2n) is 4.70. The predicted molar refractivity (Wildman–Crippen MR) is 68.9 cm³/mol. The van der Waals surface area contributed by atoms with Crippen molar-refractivity contribution in [2.45, 2.75) is 13.0 Å². The van der Waals surface area contributed by atoms with Crippen molar-refractivity contribution in [3.8, 4) is 0 Å². The van der Waals surface area contributed by atoms with E-state index in [1.165, 1.54) is 6.07 Å². The summed E-state index contributed by atoms with van der Waals surface area (Å²) in [6, 6.07) is 4.61. The topological polar surface area (TPSA) is 49.6 Å². The summed E-state index contributed by atoms with van der Waals surface area (Å²) in [6.45, 7) is 3.25. The van der Waals surface area contributed by atoms with Crippen LogP contribution in [0.15, 0.2) is 18.2 Å². The lowest BCUT2D eigenvalue weighted by Crippen LogP contribution is -2.49. The molecule has 1 heterocycles. The van der Waals surface area contributed by atoms with Gasteiger partial charge in [-0.25, -0.2) is 4.39 Å².